The van der Waals surface area contributed by atoms with E-state index in [1.165, 1.54) is 0 Å². The van der Waals surface area contributed by atoms with E-state index in [0.717, 1.165) is 64.4 Å². The summed E-state index contributed by atoms with van der Waals surface area (Å²) in [5.41, 5.74) is 4.53. The summed E-state index contributed by atoms with van der Waals surface area (Å²) in [6, 6.07) is 10.00. The Labute approximate surface area is 236 Å². The Morgan fingerprint density at radius 2 is 1.74 bits per heavy atom. The molecule has 2 heterocycles. The Hall–Kier alpha value is -2.84. The molecule has 0 fully saturated rings. The van der Waals surface area contributed by atoms with Crippen LogP contribution >= 0.6 is 0 Å². The number of anilines is 2. The first-order valence-corrected chi connectivity index (χ1v) is 16.9. The van der Waals surface area contributed by atoms with E-state index in [1.54, 1.807) is 14.2 Å². The molecule has 0 radical (unpaired) electrons. The second-order valence-corrected chi connectivity index (χ2v) is 17.1. The fraction of sp³-hybridized carbons (Fsp3) is 0.548. The van der Waals surface area contributed by atoms with Crippen LogP contribution in [0.3, 0.4) is 0 Å². The van der Waals surface area contributed by atoms with Crippen LogP contribution in [-0.4, -0.2) is 44.7 Å². The normalized spacial score (nSPS) is 13.7. The highest BCUT2D eigenvalue weighted by atomic mass is 28.4. The molecule has 8 heteroatoms. The minimum absolute atomic E-state index is 0.153. The molecule has 7 nitrogen and oxygen atoms in total. The molecule has 1 aromatic carbocycles. The zero-order chi connectivity index (χ0) is 28.8. The highest BCUT2D eigenvalue weighted by molar-refractivity contribution is 6.74. The van der Waals surface area contributed by atoms with Crippen molar-refractivity contribution in [3.8, 4) is 11.5 Å². The van der Waals surface area contributed by atoms with Crippen molar-refractivity contribution in [3.63, 3.8) is 0 Å². The van der Waals surface area contributed by atoms with Crippen molar-refractivity contribution in [3.05, 3.63) is 47.7 Å². The number of hydrogen-bond acceptors (Lipinski definition) is 7. The van der Waals surface area contributed by atoms with Gasteiger partial charge in [-0.05, 0) is 62.2 Å². The molecule has 0 saturated carbocycles. The van der Waals surface area contributed by atoms with Gasteiger partial charge in [-0.2, -0.15) is 0 Å². The van der Waals surface area contributed by atoms with Gasteiger partial charge in [0.25, 0.3) is 0 Å². The van der Waals surface area contributed by atoms with Gasteiger partial charge in [-0.15, -0.1) is 0 Å². The van der Waals surface area contributed by atoms with Gasteiger partial charge in [-0.3, -0.25) is 4.98 Å². The number of unbranched alkanes of at least 4 members (excludes halogenated alkanes) is 1. The van der Waals surface area contributed by atoms with Crippen molar-refractivity contribution < 1.29 is 13.9 Å². The lowest BCUT2D eigenvalue weighted by molar-refractivity contribution is 0.214. The number of nitrogens with zero attached hydrogens (tertiary/aromatic N) is 2. The Morgan fingerprint density at radius 1 is 1.00 bits per heavy atom. The predicted molar refractivity (Wildman–Crippen MR) is 166 cm³/mol. The summed E-state index contributed by atoms with van der Waals surface area (Å²) in [5, 5.41) is 7.53. The average Bonchev–Trinajstić information content (AvgIpc) is 2.88. The van der Waals surface area contributed by atoms with Crippen LogP contribution in [0.25, 0.3) is 11.0 Å². The number of ether oxygens (including phenoxy) is 2. The molecule has 3 rings (SSSR count). The molecule has 0 amide bonds. The van der Waals surface area contributed by atoms with E-state index in [1.807, 2.05) is 31.3 Å². The smallest absolute Gasteiger partial charge is 0.192 e. The summed E-state index contributed by atoms with van der Waals surface area (Å²) in [5.74, 6) is 2.31. The van der Waals surface area contributed by atoms with Gasteiger partial charge in [-0.25, -0.2) is 4.98 Å². The highest BCUT2D eigenvalue weighted by Gasteiger charge is 2.39. The van der Waals surface area contributed by atoms with E-state index in [2.05, 4.69) is 70.5 Å². The standard InChI is InChI=1S/C31H48N4O3Si/c1-11-12-15-31(6,21-38-39(9,10)30(3,4)5)35-26-18-28(34-25-16-22(2)19-33-29(25)26)32-20-23-13-14-24(36-7)17-27(23)37-8/h13-14,16-19H,11-12,15,20-21H2,1-10H3,(H2,32,34,35)/t31-/m1/s1. The Morgan fingerprint density at radius 3 is 2.38 bits per heavy atom. The maximum Gasteiger partial charge on any atom is 0.192 e. The number of fused-ring (bicyclic) bond motifs is 1. The zero-order valence-corrected chi connectivity index (χ0v) is 26.6. The maximum absolute atomic E-state index is 6.74. The van der Waals surface area contributed by atoms with Crippen LogP contribution in [0, 0.1) is 6.92 Å². The number of pyridine rings is 2. The summed E-state index contributed by atoms with van der Waals surface area (Å²) in [7, 11) is 1.42. The minimum atomic E-state index is -1.91. The lowest BCUT2D eigenvalue weighted by atomic mass is 9.95. The molecule has 0 unspecified atom stereocenters. The summed E-state index contributed by atoms with van der Waals surface area (Å²) >= 11 is 0. The van der Waals surface area contributed by atoms with Gasteiger partial charge in [0, 0.05) is 30.4 Å². The molecule has 0 spiro atoms. The number of aromatic nitrogens is 2. The highest BCUT2D eigenvalue weighted by Crippen LogP contribution is 2.38. The number of nitrogens with one attached hydrogen (secondary N) is 2. The summed E-state index contributed by atoms with van der Waals surface area (Å²) in [6.45, 7) is 19.2. The van der Waals surface area contributed by atoms with E-state index < -0.39 is 8.32 Å². The maximum atomic E-state index is 6.74. The second-order valence-electron chi connectivity index (χ2n) is 12.3. The van der Waals surface area contributed by atoms with Crippen LogP contribution in [0.15, 0.2) is 36.5 Å². The van der Waals surface area contributed by atoms with E-state index in [0.29, 0.717) is 13.2 Å². The van der Waals surface area contributed by atoms with Gasteiger partial charge in [-0.1, -0.05) is 40.5 Å². The minimum Gasteiger partial charge on any atom is -0.497 e. The quantitative estimate of drug-likeness (QED) is 0.208. The SMILES string of the molecule is CCCC[C@](C)(CO[Si](C)(C)C(C)(C)C)Nc1cc(NCc2ccc(OC)cc2OC)nc2cc(C)cnc12. The van der Waals surface area contributed by atoms with Crippen molar-refractivity contribution >= 4 is 30.9 Å². The molecule has 0 aliphatic carbocycles. The third-order valence-corrected chi connectivity index (χ3v) is 12.3. The van der Waals surface area contributed by atoms with Crippen LogP contribution < -0.4 is 20.1 Å². The van der Waals surface area contributed by atoms with Crippen LogP contribution in [-0.2, 0) is 11.0 Å². The summed E-state index contributed by atoms with van der Waals surface area (Å²) in [6.07, 6.45) is 5.14. The molecule has 1 atom stereocenters. The first-order chi connectivity index (χ1) is 18.3. The number of rotatable bonds is 13. The number of methoxy groups -OCH3 is 2. The van der Waals surface area contributed by atoms with Gasteiger partial charge in [0.15, 0.2) is 8.32 Å². The van der Waals surface area contributed by atoms with Gasteiger partial charge in [0.1, 0.15) is 22.8 Å². The van der Waals surface area contributed by atoms with Gasteiger partial charge < -0.3 is 24.5 Å². The molecule has 0 bridgehead atoms. The van der Waals surface area contributed by atoms with Gasteiger partial charge >= 0.3 is 0 Å². The van der Waals surface area contributed by atoms with Crippen LogP contribution in [0.1, 0.15) is 65.0 Å². The number of benzene rings is 1. The van der Waals surface area contributed by atoms with E-state index >= 15 is 0 Å². The first-order valence-electron chi connectivity index (χ1n) is 13.9. The van der Waals surface area contributed by atoms with Gasteiger partial charge in [0.05, 0.1) is 37.6 Å². The Balaban J connectivity index is 1.94. The summed E-state index contributed by atoms with van der Waals surface area (Å²) in [4.78, 5) is 9.69. The molecule has 0 aliphatic rings. The lowest BCUT2D eigenvalue weighted by Crippen LogP contribution is -2.48. The Bertz CT molecular complexity index is 1260. The third-order valence-electron chi connectivity index (χ3n) is 7.81. The van der Waals surface area contributed by atoms with Crippen molar-refractivity contribution in [1.82, 2.24) is 9.97 Å². The van der Waals surface area contributed by atoms with Crippen LogP contribution in [0.5, 0.6) is 11.5 Å². The number of hydrogen-bond donors (Lipinski definition) is 2. The fourth-order valence-electron chi connectivity index (χ4n) is 4.20. The van der Waals surface area contributed by atoms with Crippen molar-refractivity contribution in [2.24, 2.45) is 0 Å². The first kappa shape index (κ1) is 30.7. The Kier molecular flexibility index (Phi) is 9.88. The van der Waals surface area contributed by atoms with Crippen LogP contribution in [0.2, 0.25) is 18.1 Å². The van der Waals surface area contributed by atoms with Crippen molar-refractivity contribution in [2.45, 2.75) is 91.0 Å². The molecule has 2 aromatic heterocycles. The number of aryl methyl sites for hydroxylation is 1. The molecule has 214 valence electrons. The lowest BCUT2D eigenvalue weighted by Gasteiger charge is -2.41. The van der Waals surface area contributed by atoms with Crippen LogP contribution in [0.4, 0.5) is 11.5 Å². The molecule has 3 aromatic rings. The largest absolute Gasteiger partial charge is 0.497 e. The second kappa shape index (κ2) is 12.6. The van der Waals surface area contributed by atoms with Gasteiger partial charge in [0.2, 0.25) is 0 Å². The van der Waals surface area contributed by atoms with Crippen molar-refractivity contribution in [1.29, 1.82) is 0 Å². The molecular weight excluding hydrogens is 504 g/mol. The van der Waals surface area contributed by atoms with E-state index in [9.17, 15) is 0 Å². The molecular formula is C31H48N4O3Si. The summed E-state index contributed by atoms with van der Waals surface area (Å²) < 4.78 is 17.7. The molecule has 2 N–H and O–H groups in total. The molecule has 39 heavy (non-hydrogen) atoms. The molecule has 0 aliphatic heterocycles. The van der Waals surface area contributed by atoms with E-state index in [4.69, 9.17) is 23.9 Å². The zero-order valence-electron chi connectivity index (χ0n) is 25.6. The monoisotopic (exact) mass is 552 g/mol. The van der Waals surface area contributed by atoms with Crippen molar-refractivity contribution in [2.75, 3.05) is 31.5 Å². The third kappa shape index (κ3) is 7.85. The topological polar surface area (TPSA) is 77.5 Å². The molecule has 0 saturated heterocycles. The average molecular weight is 553 g/mol. The fourth-order valence-corrected chi connectivity index (χ4v) is 5.31. The predicted octanol–water partition coefficient (Wildman–Crippen LogP) is 7.95. The van der Waals surface area contributed by atoms with E-state index in [-0.39, 0.29) is 10.6 Å².